The summed E-state index contributed by atoms with van der Waals surface area (Å²) in [6.45, 7) is 4.24. The quantitative estimate of drug-likeness (QED) is 0.769. The fraction of sp³-hybridized carbons (Fsp3) is 1.00. The topological polar surface area (TPSA) is 47.3 Å². The van der Waals surface area contributed by atoms with E-state index in [0.717, 1.165) is 19.1 Å². The lowest BCUT2D eigenvalue weighted by Gasteiger charge is -2.34. The molecule has 16 heavy (non-hydrogen) atoms. The summed E-state index contributed by atoms with van der Waals surface area (Å²) in [6.07, 6.45) is 7.35. The van der Waals surface area contributed by atoms with Gasteiger partial charge >= 0.3 is 0 Å². The molecule has 0 aromatic carbocycles. The highest BCUT2D eigenvalue weighted by molar-refractivity contribution is 4.83. The first-order valence-electron chi connectivity index (χ1n) is 6.85. The van der Waals surface area contributed by atoms with Crippen LogP contribution < -0.4 is 11.1 Å². The van der Waals surface area contributed by atoms with Crippen LogP contribution >= 0.6 is 0 Å². The molecule has 2 aliphatic rings. The molecule has 0 amide bonds. The lowest BCUT2D eigenvalue weighted by molar-refractivity contribution is 0.0535. The number of hydrogen-bond donors (Lipinski definition) is 2. The molecule has 1 atom stereocenters. The molecule has 0 radical (unpaired) electrons. The number of rotatable bonds is 3. The first-order chi connectivity index (χ1) is 7.75. The van der Waals surface area contributed by atoms with Crippen molar-refractivity contribution in [3.05, 3.63) is 0 Å². The Bertz CT molecular complexity index is 196. The van der Waals surface area contributed by atoms with Gasteiger partial charge in [0.25, 0.3) is 0 Å². The van der Waals surface area contributed by atoms with Gasteiger partial charge in [-0.2, -0.15) is 0 Å². The van der Waals surface area contributed by atoms with Crippen LogP contribution in [0, 0.1) is 5.92 Å². The molecule has 1 saturated heterocycles. The Balaban J connectivity index is 1.71. The Kier molecular flexibility index (Phi) is 4.62. The van der Waals surface area contributed by atoms with Crippen LogP contribution in [0.4, 0.5) is 0 Å². The highest BCUT2D eigenvalue weighted by Gasteiger charge is 2.24. The van der Waals surface area contributed by atoms with Gasteiger partial charge in [0.15, 0.2) is 0 Å². The van der Waals surface area contributed by atoms with Gasteiger partial charge in [0.1, 0.15) is 0 Å². The third kappa shape index (κ3) is 3.44. The van der Waals surface area contributed by atoms with Crippen LogP contribution in [0.25, 0.3) is 0 Å². The highest BCUT2D eigenvalue weighted by atomic mass is 16.5. The van der Waals surface area contributed by atoms with Gasteiger partial charge in [0.2, 0.25) is 0 Å². The van der Waals surface area contributed by atoms with Gasteiger partial charge in [-0.25, -0.2) is 0 Å². The predicted molar refractivity (Wildman–Crippen MR) is 66.4 cm³/mol. The molecule has 1 heterocycles. The van der Waals surface area contributed by atoms with E-state index in [0.29, 0.717) is 18.1 Å². The van der Waals surface area contributed by atoms with E-state index in [4.69, 9.17) is 10.5 Å². The summed E-state index contributed by atoms with van der Waals surface area (Å²) in [7, 11) is 0. The second-order valence-corrected chi connectivity index (χ2v) is 5.52. The fourth-order valence-electron chi connectivity index (χ4n) is 3.01. The zero-order valence-electron chi connectivity index (χ0n) is 10.5. The minimum atomic E-state index is 0.455. The molecule has 3 nitrogen and oxygen atoms in total. The minimum absolute atomic E-state index is 0.455. The summed E-state index contributed by atoms with van der Waals surface area (Å²) in [5.74, 6) is 0.810. The average Bonchev–Trinajstić information content (AvgIpc) is 2.33. The van der Waals surface area contributed by atoms with Crippen LogP contribution in [0.5, 0.6) is 0 Å². The predicted octanol–water partition coefficient (Wildman–Crippen LogP) is 1.66. The lowest BCUT2D eigenvalue weighted by atomic mass is 9.88. The molecule has 2 rings (SSSR count). The molecule has 1 saturated carbocycles. The van der Waals surface area contributed by atoms with Crippen molar-refractivity contribution in [1.29, 1.82) is 0 Å². The SMILES string of the molecule is CC(NC1CCC(N)CC1)C1CCOCC1. The van der Waals surface area contributed by atoms with Crippen LogP contribution in [0.15, 0.2) is 0 Å². The molecule has 0 aromatic rings. The second-order valence-electron chi connectivity index (χ2n) is 5.52. The first-order valence-corrected chi connectivity index (χ1v) is 6.85. The normalized spacial score (nSPS) is 34.9. The molecule has 3 N–H and O–H groups in total. The zero-order chi connectivity index (χ0) is 11.4. The summed E-state index contributed by atoms with van der Waals surface area (Å²) in [5, 5.41) is 3.80. The Morgan fingerprint density at radius 2 is 1.69 bits per heavy atom. The van der Waals surface area contributed by atoms with E-state index in [2.05, 4.69) is 12.2 Å². The smallest absolute Gasteiger partial charge is 0.0469 e. The van der Waals surface area contributed by atoms with Crippen molar-refractivity contribution in [2.24, 2.45) is 11.7 Å². The van der Waals surface area contributed by atoms with Crippen LogP contribution in [0.1, 0.15) is 45.4 Å². The van der Waals surface area contributed by atoms with E-state index >= 15 is 0 Å². The summed E-state index contributed by atoms with van der Waals surface area (Å²) >= 11 is 0. The van der Waals surface area contributed by atoms with Crippen LogP contribution in [-0.2, 0) is 4.74 Å². The molecule has 0 spiro atoms. The lowest BCUT2D eigenvalue weighted by Crippen LogP contribution is -2.45. The molecule has 1 aliphatic heterocycles. The van der Waals surface area contributed by atoms with Crippen molar-refractivity contribution in [2.45, 2.75) is 63.6 Å². The number of ether oxygens (including phenoxy) is 1. The van der Waals surface area contributed by atoms with Crippen LogP contribution in [-0.4, -0.2) is 31.3 Å². The first kappa shape index (κ1) is 12.3. The van der Waals surface area contributed by atoms with Crippen molar-refractivity contribution in [3.8, 4) is 0 Å². The molecule has 2 fully saturated rings. The zero-order valence-corrected chi connectivity index (χ0v) is 10.5. The summed E-state index contributed by atoms with van der Waals surface area (Å²) < 4.78 is 5.41. The van der Waals surface area contributed by atoms with Gasteiger partial charge in [-0.15, -0.1) is 0 Å². The fourth-order valence-corrected chi connectivity index (χ4v) is 3.01. The largest absolute Gasteiger partial charge is 0.381 e. The van der Waals surface area contributed by atoms with E-state index in [-0.39, 0.29) is 0 Å². The maximum Gasteiger partial charge on any atom is 0.0469 e. The summed E-state index contributed by atoms with van der Waals surface area (Å²) in [4.78, 5) is 0. The van der Waals surface area contributed by atoms with Gasteiger partial charge in [0.05, 0.1) is 0 Å². The Morgan fingerprint density at radius 3 is 2.31 bits per heavy atom. The van der Waals surface area contributed by atoms with Crippen molar-refractivity contribution < 1.29 is 4.74 Å². The Morgan fingerprint density at radius 1 is 1.06 bits per heavy atom. The van der Waals surface area contributed by atoms with E-state index in [1.54, 1.807) is 0 Å². The van der Waals surface area contributed by atoms with E-state index in [1.807, 2.05) is 0 Å². The number of nitrogens with two attached hydrogens (primary N) is 1. The van der Waals surface area contributed by atoms with Gasteiger partial charge in [0, 0.05) is 31.3 Å². The molecule has 94 valence electrons. The number of hydrogen-bond acceptors (Lipinski definition) is 3. The molecular weight excluding hydrogens is 200 g/mol. The molecule has 1 unspecified atom stereocenters. The maximum atomic E-state index is 5.93. The van der Waals surface area contributed by atoms with E-state index < -0.39 is 0 Å². The molecule has 1 aliphatic carbocycles. The van der Waals surface area contributed by atoms with Crippen molar-refractivity contribution in [1.82, 2.24) is 5.32 Å². The second kappa shape index (κ2) is 5.99. The van der Waals surface area contributed by atoms with E-state index in [9.17, 15) is 0 Å². The van der Waals surface area contributed by atoms with E-state index in [1.165, 1.54) is 38.5 Å². The molecular formula is C13H26N2O. The maximum absolute atomic E-state index is 5.93. The Hall–Kier alpha value is -0.120. The van der Waals surface area contributed by atoms with Crippen molar-refractivity contribution >= 4 is 0 Å². The van der Waals surface area contributed by atoms with Crippen molar-refractivity contribution in [3.63, 3.8) is 0 Å². The monoisotopic (exact) mass is 226 g/mol. The minimum Gasteiger partial charge on any atom is -0.381 e. The molecule has 0 bridgehead atoms. The van der Waals surface area contributed by atoms with Gasteiger partial charge in [-0.3, -0.25) is 0 Å². The number of nitrogens with one attached hydrogen (secondary N) is 1. The highest BCUT2D eigenvalue weighted by Crippen LogP contribution is 2.22. The van der Waals surface area contributed by atoms with Gasteiger partial charge in [-0.05, 0) is 51.4 Å². The molecule has 3 heteroatoms. The van der Waals surface area contributed by atoms with Crippen LogP contribution in [0.2, 0.25) is 0 Å². The van der Waals surface area contributed by atoms with Crippen molar-refractivity contribution in [2.75, 3.05) is 13.2 Å². The summed E-state index contributed by atoms with van der Waals surface area (Å²) in [5.41, 5.74) is 5.93. The third-order valence-corrected chi connectivity index (χ3v) is 4.24. The molecule has 0 aromatic heterocycles. The third-order valence-electron chi connectivity index (χ3n) is 4.24. The van der Waals surface area contributed by atoms with Crippen LogP contribution in [0.3, 0.4) is 0 Å². The average molecular weight is 226 g/mol. The Labute approximate surface area is 99.1 Å². The van der Waals surface area contributed by atoms with Gasteiger partial charge < -0.3 is 15.8 Å². The summed E-state index contributed by atoms with van der Waals surface area (Å²) in [6, 6.07) is 1.80. The van der Waals surface area contributed by atoms with Gasteiger partial charge in [-0.1, -0.05) is 0 Å². The standard InChI is InChI=1S/C13H26N2O/c1-10(11-6-8-16-9-7-11)15-13-4-2-12(14)3-5-13/h10-13,15H,2-9,14H2,1H3.